The molecule has 3 nitrogen and oxygen atoms in total. The molecule has 3 heteroatoms. The van der Waals surface area contributed by atoms with Crippen LogP contribution in [0.4, 0.5) is 0 Å². The van der Waals surface area contributed by atoms with Gasteiger partial charge in [-0.15, -0.1) is 0 Å². The summed E-state index contributed by atoms with van der Waals surface area (Å²) in [6, 6.07) is 0. The highest BCUT2D eigenvalue weighted by atomic mass is 16.3. The van der Waals surface area contributed by atoms with Crippen LogP contribution < -0.4 is 0 Å². The van der Waals surface area contributed by atoms with E-state index in [-0.39, 0.29) is 5.41 Å². The van der Waals surface area contributed by atoms with Crippen molar-refractivity contribution in [3.8, 4) is 5.88 Å². The highest BCUT2D eigenvalue weighted by Crippen LogP contribution is 2.32. The van der Waals surface area contributed by atoms with Gasteiger partial charge in [0.25, 0.3) is 0 Å². The molecule has 1 aromatic rings. The molecule has 0 saturated heterocycles. The van der Waals surface area contributed by atoms with Crippen LogP contribution in [0.2, 0.25) is 0 Å². The number of hydrogen-bond donors (Lipinski definition) is 1. The molecular weight excluding hydrogens is 200 g/mol. The van der Waals surface area contributed by atoms with Crippen LogP contribution >= 0.6 is 0 Å². The topological polar surface area (TPSA) is 38.0 Å². The Morgan fingerprint density at radius 1 is 1.31 bits per heavy atom. The summed E-state index contributed by atoms with van der Waals surface area (Å²) in [6.45, 7) is 13.4. The van der Waals surface area contributed by atoms with E-state index in [1.165, 1.54) is 0 Å². The van der Waals surface area contributed by atoms with Crippen molar-refractivity contribution in [1.29, 1.82) is 0 Å². The van der Waals surface area contributed by atoms with Crippen molar-refractivity contribution < 1.29 is 5.11 Å². The lowest BCUT2D eigenvalue weighted by Gasteiger charge is -2.18. The predicted molar refractivity (Wildman–Crippen MR) is 66.8 cm³/mol. The molecule has 0 spiro atoms. The minimum absolute atomic E-state index is 0.0118. The number of hydrogen-bond acceptors (Lipinski definition) is 2. The number of aromatic hydroxyl groups is 1. The first-order valence-corrected chi connectivity index (χ1v) is 6.06. The average molecular weight is 224 g/mol. The van der Waals surface area contributed by atoms with Gasteiger partial charge in [-0.2, -0.15) is 5.10 Å². The van der Waals surface area contributed by atoms with E-state index in [0.717, 1.165) is 17.7 Å². The third-order valence-corrected chi connectivity index (χ3v) is 2.64. The van der Waals surface area contributed by atoms with Crippen molar-refractivity contribution in [2.75, 3.05) is 0 Å². The van der Waals surface area contributed by atoms with Crippen LogP contribution in [0, 0.1) is 5.92 Å². The van der Waals surface area contributed by atoms with Gasteiger partial charge in [0.1, 0.15) is 0 Å². The Hall–Kier alpha value is -0.990. The van der Waals surface area contributed by atoms with Gasteiger partial charge in [-0.05, 0) is 19.3 Å². The molecule has 1 rings (SSSR count). The molecule has 0 atom stereocenters. The standard InChI is InChI=1S/C13H24N2O/c1-7-15-12(16)10(8-9(2)3)11(14-15)13(4,5)6/h9,16H,7-8H2,1-6H3. The largest absolute Gasteiger partial charge is 0.493 e. The van der Waals surface area contributed by atoms with Crippen LogP contribution in [0.3, 0.4) is 0 Å². The Labute approximate surface area is 98.5 Å². The fourth-order valence-corrected chi connectivity index (χ4v) is 1.91. The first kappa shape index (κ1) is 13.1. The number of nitrogens with zero attached hydrogens (tertiary/aromatic N) is 2. The Balaban J connectivity index is 3.25. The van der Waals surface area contributed by atoms with Gasteiger partial charge in [-0.3, -0.25) is 0 Å². The molecule has 0 saturated carbocycles. The molecule has 1 aromatic heterocycles. The molecule has 0 aromatic carbocycles. The van der Waals surface area contributed by atoms with Crippen LogP contribution in [0.5, 0.6) is 5.88 Å². The van der Waals surface area contributed by atoms with Gasteiger partial charge in [0.05, 0.1) is 5.69 Å². The maximum absolute atomic E-state index is 10.1. The maximum atomic E-state index is 10.1. The molecule has 0 radical (unpaired) electrons. The average Bonchev–Trinajstić information content (AvgIpc) is 2.42. The summed E-state index contributed by atoms with van der Waals surface area (Å²) < 4.78 is 1.69. The van der Waals surface area contributed by atoms with E-state index in [4.69, 9.17) is 0 Å². The lowest BCUT2D eigenvalue weighted by atomic mass is 9.87. The van der Waals surface area contributed by atoms with Crippen molar-refractivity contribution >= 4 is 0 Å². The lowest BCUT2D eigenvalue weighted by molar-refractivity contribution is 0.397. The molecule has 0 aliphatic heterocycles. The van der Waals surface area contributed by atoms with Crippen molar-refractivity contribution in [2.45, 2.75) is 59.9 Å². The predicted octanol–water partition coefficient (Wildman–Crippen LogP) is 3.10. The van der Waals surface area contributed by atoms with Gasteiger partial charge >= 0.3 is 0 Å². The Bertz CT molecular complexity index is 359. The van der Waals surface area contributed by atoms with Gasteiger partial charge in [-0.25, -0.2) is 4.68 Å². The molecule has 1 heterocycles. The molecule has 0 aliphatic rings. The Kier molecular flexibility index (Phi) is 3.66. The Morgan fingerprint density at radius 2 is 1.88 bits per heavy atom. The minimum atomic E-state index is -0.0118. The van der Waals surface area contributed by atoms with Crippen LogP contribution in [-0.2, 0) is 18.4 Å². The summed E-state index contributed by atoms with van der Waals surface area (Å²) in [5, 5.41) is 14.6. The van der Waals surface area contributed by atoms with E-state index in [1.54, 1.807) is 4.68 Å². The second-order valence-corrected chi connectivity index (χ2v) is 5.81. The van der Waals surface area contributed by atoms with E-state index >= 15 is 0 Å². The Morgan fingerprint density at radius 3 is 2.25 bits per heavy atom. The van der Waals surface area contributed by atoms with Crippen molar-refractivity contribution in [1.82, 2.24) is 9.78 Å². The van der Waals surface area contributed by atoms with E-state index in [9.17, 15) is 5.11 Å². The third kappa shape index (κ3) is 2.57. The zero-order valence-corrected chi connectivity index (χ0v) is 11.3. The highest BCUT2D eigenvalue weighted by Gasteiger charge is 2.26. The van der Waals surface area contributed by atoms with E-state index in [0.29, 0.717) is 18.3 Å². The van der Waals surface area contributed by atoms with Crippen molar-refractivity contribution in [3.05, 3.63) is 11.3 Å². The van der Waals surface area contributed by atoms with Crippen LogP contribution in [0.15, 0.2) is 0 Å². The molecule has 0 bridgehead atoms. The molecule has 0 amide bonds. The minimum Gasteiger partial charge on any atom is -0.493 e. The summed E-state index contributed by atoms with van der Waals surface area (Å²) in [4.78, 5) is 0. The first-order valence-electron chi connectivity index (χ1n) is 6.06. The molecule has 0 aliphatic carbocycles. The SMILES string of the molecule is CCn1nc(C(C)(C)C)c(CC(C)C)c1O. The molecule has 1 N–H and O–H groups in total. The summed E-state index contributed by atoms with van der Waals surface area (Å²) in [6.07, 6.45) is 0.887. The fourth-order valence-electron chi connectivity index (χ4n) is 1.91. The van der Waals surface area contributed by atoms with Crippen LogP contribution in [0.25, 0.3) is 0 Å². The van der Waals surface area contributed by atoms with Gasteiger partial charge in [0, 0.05) is 17.5 Å². The summed E-state index contributed by atoms with van der Waals surface area (Å²) in [7, 11) is 0. The summed E-state index contributed by atoms with van der Waals surface area (Å²) in [5.74, 6) is 0.877. The quantitative estimate of drug-likeness (QED) is 0.856. The molecule has 16 heavy (non-hydrogen) atoms. The van der Waals surface area contributed by atoms with Gasteiger partial charge in [0.15, 0.2) is 0 Å². The van der Waals surface area contributed by atoms with E-state index < -0.39 is 0 Å². The van der Waals surface area contributed by atoms with Crippen LogP contribution in [0.1, 0.15) is 52.8 Å². The fraction of sp³-hybridized carbons (Fsp3) is 0.769. The third-order valence-electron chi connectivity index (χ3n) is 2.64. The first-order chi connectivity index (χ1) is 7.27. The molecule has 0 unspecified atom stereocenters. The zero-order valence-electron chi connectivity index (χ0n) is 11.3. The van der Waals surface area contributed by atoms with Gasteiger partial charge in [0.2, 0.25) is 5.88 Å². The normalized spacial score (nSPS) is 12.4. The molecule has 92 valence electrons. The number of aromatic nitrogens is 2. The summed E-state index contributed by atoms with van der Waals surface area (Å²) in [5.41, 5.74) is 2.03. The maximum Gasteiger partial charge on any atom is 0.212 e. The van der Waals surface area contributed by atoms with Crippen molar-refractivity contribution in [2.24, 2.45) is 5.92 Å². The smallest absolute Gasteiger partial charge is 0.212 e. The highest BCUT2D eigenvalue weighted by molar-refractivity contribution is 5.35. The van der Waals surface area contributed by atoms with E-state index in [1.807, 2.05) is 6.92 Å². The van der Waals surface area contributed by atoms with Gasteiger partial charge < -0.3 is 5.11 Å². The molecule has 0 fully saturated rings. The van der Waals surface area contributed by atoms with E-state index in [2.05, 4.69) is 39.7 Å². The monoisotopic (exact) mass is 224 g/mol. The second-order valence-electron chi connectivity index (χ2n) is 5.81. The lowest BCUT2D eigenvalue weighted by Crippen LogP contribution is -2.15. The van der Waals surface area contributed by atoms with Crippen LogP contribution in [-0.4, -0.2) is 14.9 Å². The number of aryl methyl sites for hydroxylation is 1. The zero-order chi connectivity index (χ0) is 12.5. The number of rotatable bonds is 3. The second kappa shape index (κ2) is 4.48. The summed E-state index contributed by atoms with van der Waals surface area (Å²) >= 11 is 0. The van der Waals surface area contributed by atoms with Gasteiger partial charge in [-0.1, -0.05) is 34.6 Å². The van der Waals surface area contributed by atoms with Crippen molar-refractivity contribution in [3.63, 3.8) is 0 Å². The molecular formula is C13H24N2O.